The molecule has 1 aliphatic rings. The number of hydrogen-bond acceptors (Lipinski definition) is 3. The van der Waals surface area contributed by atoms with Gasteiger partial charge in [0, 0.05) is 11.6 Å². The molecule has 88 valence electrons. The molecule has 0 amide bonds. The minimum atomic E-state index is -0.249. The van der Waals surface area contributed by atoms with E-state index in [9.17, 15) is 4.79 Å². The number of fused-ring (bicyclic) bond motifs is 1. The molecule has 5 heteroatoms. The molecule has 0 bridgehead atoms. The lowest BCUT2D eigenvalue weighted by Gasteiger charge is -2.24. The van der Waals surface area contributed by atoms with E-state index in [1.54, 1.807) is 0 Å². The molecule has 0 saturated heterocycles. The van der Waals surface area contributed by atoms with Gasteiger partial charge in [0.2, 0.25) is 0 Å². The fourth-order valence-electron chi connectivity index (χ4n) is 1.79. The third kappa shape index (κ3) is 2.67. The number of rotatable bonds is 1. The molecule has 3 nitrogen and oxygen atoms in total. The largest absolute Gasteiger partial charge is 0.468 e. The van der Waals surface area contributed by atoms with Crippen molar-refractivity contribution in [2.45, 2.75) is 19.0 Å². The summed E-state index contributed by atoms with van der Waals surface area (Å²) in [6.07, 6.45) is 0.641. The van der Waals surface area contributed by atoms with Gasteiger partial charge in [-0.2, -0.15) is 0 Å². The first-order chi connectivity index (χ1) is 7.20. The number of halogens is 2. The number of ether oxygens (including phenoxy) is 1. The van der Waals surface area contributed by atoms with Gasteiger partial charge in [-0.3, -0.25) is 4.79 Å². The van der Waals surface area contributed by atoms with Gasteiger partial charge in [-0.25, -0.2) is 0 Å². The number of hydrogen-bond donors (Lipinski definition) is 1. The second-order valence-electron chi connectivity index (χ2n) is 3.57. The minimum absolute atomic E-state index is 0. The first-order valence-electron chi connectivity index (χ1n) is 4.79. The molecule has 1 atom stereocenters. The van der Waals surface area contributed by atoms with Crippen LogP contribution < -0.4 is 5.32 Å². The number of benzene rings is 1. The molecule has 0 aromatic heterocycles. The summed E-state index contributed by atoms with van der Waals surface area (Å²) in [5.41, 5.74) is 2.32. The van der Waals surface area contributed by atoms with Crippen LogP contribution in [0.2, 0.25) is 5.02 Å². The van der Waals surface area contributed by atoms with Gasteiger partial charge in [0.05, 0.1) is 7.11 Å². The highest BCUT2D eigenvalue weighted by molar-refractivity contribution is 6.30. The van der Waals surface area contributed by atoms with E-state index < -0.39 is 0 Å². The highest BCUT2D eigenvalue weighted by Crippen LogP contribution is 2.21. The fraction of sp³-hybridized carbons (Fsp3) is 0.364. The van der Waals surface area contributed by atoms with Gasteiger partial charge in [0.15, 0.2) is 0 Å². The molecule has 0 spiro atoms. The molecule has 0 aliphatic carbocycles. The van der Waals surface area contributed by atoms with Crippen molar-refractivity contribution in [1.29, 1.82) is 0 Å². The van der Waals surface area contributed by atoms with Crippen molar-refractivity contribution in [3.05, 3.63) is 34.3 Å². The summed E-state index contributed by atoms with van der Waals surface area (Å²) in [5, 5.41) is 3.84. The molecule has 0 radical (unpaired) electrons. The van der Waals surface area contributed by atoms with Crippen molar-refractivity contribution in [2.75, 3.05) is 7.11 Å². The maximum absolute atomic E-state index is 11.3. The smallest absolute Gasteiger partial charge is 0.323 e. The van der Waals surface area contributed by atoms with Crippen LogP contribution in [0.25, 0.3) is 0 Å². The van der Waals surface area contributed by atoms with Gasteiger partial charge in [-0.15, -0.1) is 12.4 Å². The molecule has 0 saturated carbocycles. The zero-order chi connectivity index (χ0) is 10.8. The zero-order valence-corrected chi connectivity index (χ0v) is 10.4. The van der Waals surface area contributed by atoms with Crippen LogP contribution in [0.15, 0.2) is 18.2 Å². The topological polar surface area (TPSA) is 38.3 Å². The Bertz CT molecular complexity index is 396. The van der Waals surface area contributed by atoms with E-state index in [-0.39, 0.29) is 24.4 Å². The van der Waals surface area contributed by atoms with Gasteiger partial charge >= 0.3 is 5.97 Å². The Balaban J connectivity index is 0.00000128. The van der Waals surface area contributed by atoms with Crippen molar-refractivity contribution >= 4 is 30.0 Å². The molecule has 1 heterocycles. The normalized spacial score (nSPS) is 18.2. The van der Waals surface area contributed by atoms with Gasteiger partial charge in [-0.05, 0) is 29.7 Å². The van der Waals surface area contributed by atoms with Crippen LogP contribution in [-0.4, -0.2) is 19.1 Å². The average Bonchev–Trinajstić information content (AvgIpc) is 2.27. The van der Waals surface area contributed by atoms with E-state index in [4.69, 9.17) is 16.3 Å². The molecule has 16 heavy (non-hydrogen) atoms. The van der Waals surface area contributed by atoms with E-state index in [2.05, 4.69) is 5.32 Å². The maximum atomic E-state index is 11.3. The van der Waals surface area contributed by atoms with Crippen LogP contribution in [0.3, 0.4) is 0 Å². The first kappa shape index (κ1) is 13.3. The van der Waals surface area contributed by atoms with Crippen molar-refractivity contribution in [2.24, 2.45) is 0 Å². The number of nitrogens with one attached hydrogen (secondary N) is 1. The molecule has 1 aromatic rings. The van der Waals surface area contributed by atoms with Gasteiger partial charge in [0.1, 0.15) is 6.04 Å². The van der Waals surface area contributed by atoms with Crippen LogP contribution in [0.1, 0.15) is 11.1 Å². The van der Waals surface area contributed by atoms with E-state index in [0.717, 1.165) is 5.56 Å². The Morgan fingerprint density at radius 1 is 1.50 bits per heavy atom. The van der Waals surface area contributed by atoms with E-state index >= 15 is 0 Å². The van der Waals surface area contributed by atoms with Gasteiger partial charge in [-0.1, -0.05) is 17.7 Å². The summed E-state index contributed by atoms with van der Waals surface area (Å²) < 4.78 is 4.70. The van der Waals surface area contributed by atoms with E-state index in [1.807, 2.05) is 18.2 Å². The lowest BCUT2D eigenvalue weighted by Crippen LogP contribution is -2.42. The Morgan fingerprint density at radius 3 is 2.94 bits per heavy atom. The first-order valence-corrected chi connectivity index (χ1v) is 5.17. The van der Waals surface area contributed by atoms with Crippen LogP contribution in [-0.2, 0) is 22.5 Å². The van der Waals surface area contributed by atoms with Crippen molar-refractivity contribution in [3.63, 3.8) is 0 Å². The summed E-state index contributed by atoms with van der Waals surface area (Å²) >= 11 is 5.90. The number of methoxy groups -OCH3 is 1. The van der Waals surface area contributed by atoms with Crippen molar-refractivity contribution in [3.8, 4) is 0 Å². The lowest BCUT2D eigenvalue weighted by molar-refractivity contribution is -0.143. The monoisotopic (exact) mass is 261 g/mol. The van der Waals surface area contributed by atoms with Crippen LogP contribution >= 0.6 is 24.0 Å². The van der Waals surface area contributed by atoms with Gasteiger partial charge < -0.3 is 10.1 Å². The fourth-order valence-corrected chi connectivity index (χ4v) is 1.99. The number of esters is 1. The van der Waals surface area contributed by atoms with Crippen molar-refractivity contribution < 1.29 is 9.53 Å². The summed E-state index contributed by atoms with van der Waals surface area (Å²) in [6, 6.07) is 5.51. The molecule has 2 rings (SSSR count). The quantitative estimate of drug-likeness (QED) is 0.786. The van der Waals surface area contributed by atoms with E-state index in [0.29, 0.717) is 18.0 Å². The Labute approximate surface area is 106 Å². The van der Waals surface area contributed by atoms with Crippen LogP contribution in [0.5, 0.6) is 0 Å². The highest BCUT2D eigenvalue weighted by atomic mass is 35.5. The summed E-state index contributed by atoms with van der Waals surface area (Å²) in [6.45, 7) is 0.687. The summed E-state index contributed by atoms with van der Waals surface area (Å²) in [5.74, 6) is -0.222. The average molecular weight is 262 g/mol. The summed E-state index contributed by atoms with van der Waals surface area (Å²) in [7, 11) is 1.40. The van der Waals surface area contributed by atoms with Crippen LogP contribution in [0.4, 0.5) is 0 Å². The standard InChI is InChI=1S/C11H12ClNO2.ClH/c1-15-11(14)10-5-8-4-9(12)3-2-7(8)6-13-10;/h2-4,10,13H,5-6H2,1H3;1H. The number of carbonyl (C=O) groups is 1. The Hall–Kier alpha value is -0.770. The molecular weight excluding hydrogens is 249 g/mol. The third-order valence-electron chi connectivity index (χ3n) is 2.62. The second kappa shape index (κ2) is 5.53. The third-order valence-corrected chi connectivity index (χ3v) is 2.85. The predicted octanol–water partition coefficient (Wildman–Crippen LogP) is 1.95. The Kier molecular flexibility index (Phi) is 4.59. The van der Waals surface area contributed by atoms with E-state index in [1.165, 1.54) is 12.7 Å². The van der Waals surface area contributed by atoms with Crippen molar-refractivity contribution in [1.82, 2.24) is 5.32 Å². The molecule has 1 N–H and O–H groups in total. The lowest BCUT2D eigenvalue weighted by atomic mass is 9.96. The van der Waals surface area contributed by atoms with Crippen LogP contribution in [0, 0.1) is 0 Å². The second-order valence-corrected chi connectivity index (χ2v) is 4.01. The molecule has 1 aromatic carbocycles. The summed E-state index contributed by atoms with van der Waals surface area (Å²) in [4.78, 5) is 11.3. The molecule has 1 aliphatic heterocycles. The molecular formula is C11H13Cl2NO2. The van der Waals surface area contributed by atoms with Gasteiger partial charge in [0.25, 0.3) is 0 Å². The SMILES string of the molecule is COC(=O)C1Cc2cc(Cl)ccc2CN1.Cl. The zero-order valence-electron chi connectivity index (χ0n) is 8.83. The maximum Gasteiger partial charge on any atom is 0.323 e. The minimum Gasteiger partial charge on any atom is -0.468 e. The highest BCUT2D eigenvalue weighted by Gasteiger charge is 2.24. The molecule has 0 fully saturated rings. The predicted molar refractivity (Wildman–Crippen MR) is 65.0 cm³/mol. The number of carbonyl (C=O) groups excluding carboxylic acids is 1. The molecule has 1 unspecified atom stereocenters. The Morgan fingerprint density at radius 2 is 2.25 bits per heavy atom.